The number of β-amino-alcohol motifs (C(OH)–C–C–N with tert-alkyl or cyclic N) is 1. The van der Waals surface area contributed by atoms with Gasteiger partial charge in [-0.3, -0.25) is 14.5 Å². The second-order valence-electron chi connectivity index (χ2n) is 6.95. The molecule has 7 heteroatoms. The zero-order valence-corrected chi connectivity index (χ0v) is 15.4. The van der Waals surface area contributed by atoms with E-state index in [0.717, 1.165) is 6.54 Å². The largest absolute Gasteiger partial charge is 0.389 e. The Hall–Kier alpha value is -1.44. The molecule has 1 aliphatic rings. The van der Waals surface area contributed by atoms with Gasteiger partial charge >= 0.3 is 0 Å². The van der Waals surface area contributed by atoms with Crippen LogP contribution in [-0.4, -0.2) is 71.1 Å². The fourth-order valence-corrected chi connectivity index (χ4v) is 3.53. The number of hydrogen-bond donors (Lipinski definition) is 2. The minimum atomic E-state index is -0.730. The Morgan fingerprint density at radius 1 is 1.42 bits per heavy atom. The summed E-state index contributed by atoms with van der Waals surface area (Å²) in [6.45, 7) is 8.72. The summed E-state index contributed by atoms with van der Waals surface area (Å²) >= 11 is 1.39. The number of rotatable bonds is 6. The lowest BCUT2D eigenvalue weighted by Gasteiger charge is -2.42. The van der Waals surface area contributed by atoms with E-state index in [1.807, 2.05) is 16.3 Å². The molecule has 1 aliphatic heterocycles. The van der Waals surface area contributed by atoms with E-state index in [1.165, 1.54) is 11.3 Å². The van der Waals surface area contributed by atoms with E-state index >= 15 is 0 Å². The van der Waals surface area contributed by atoms with E-state index in [1.54, 1.807) is 19.9 Å². The summed E-state index contributed by atoms with van der Waals surface area (Å²) < 4.78 is 0. The molecule has 134 valence electrons. The van der Waals surface area contributed by atoms with Crippen LogP contribution in [0.3, 0.4) is 0 Å². The predicted octanol–water partition coefficient (Wildman–Crippen LogP) is 1.17. The standard InChI is InChI=1S/C17H27N3O3S/c1-13-11-19(8-9-20(13)12-17(2,3)23)15(21)6-7-18-16(22)14-5-4-10-24-14/h4-5,10,13,23H,6-9,11-12H2,1-3H3,(H,18,22)/t13-/m1/s1. The van der Waals surface area contributed by atoms with Crippen LogP contribution in [0.1, 0.15) is 36.9 Å². The topological polar surface area (TPSA) is 72.9 Å². The predicted molar refractivity (Wildman–Crippen MR) is 95.2 cm³/mol. The molecule has 0 spiro atoms. The molecule has 2 heterocycles. The van der Waals surface area contributed by atoms with Crippen LogP contribution in [0.5, 0.6) is 0 Å². The van der Waals surface area contributed by atoms with Crippen LogP contribution in [0, 0.1) is 0 Å². The van der Waals surface area contributed by atoms with Crippen molar-refractivity contribution in [3.8, 4) is 0 Å². The molecule has 1 saturated heterocycles. The van der Waals surface area contributed by atoms with Gasteiger partial charge in [0.2, 0.25) is 5.91 Å². The van der Waals surface area contributed by atoms with Crippen molar-refractivity contribution in [2.45, 2.75) is 38.8 Å². The Kier molecular flexibility index (Phi) is 6.37. The number of nitrogens with one attached hydrogen (secondary N) is 1. The highest BCUT2D eigenvalue weighted by molar-refractivity contribution is 7.12. The first-order chi connectivity index (χ1) is 11.3. The highest BCUT2D eigenvalue weighted by atomic mass is 32.1. The first-order valence-electron chi connectivity index (χ1n) is 8.32. The summed E-state index contributed by atoms with van der Waals surface area (Å²) in [7, 11) is 0. The molecule has 0 aliphatic carbocycles. The maximum absolute atomic E-state index is 12.3. The van der Waals surface area contributed by atoms with Crippen molar-refractivity contribution in [1.82, 2.24) is 15.1 Å². The van der Waals surface area contributed by atoms with Gasteiger partial charge in [0.1, 0.15) is 0 Å². The Morgan fingerprint density at radius 2 is 2.17 bits per heavy atom. The third-order valence-corrected chi connectivity index (χ3v) is 4.95. The zero-order chi connectivity index (χ0) is 17.7. The number of amides is 2. The summed E-state index contributed by atoms with van der Waals surface area (Å²) in [5.74, 6) is -0.0580. The Balaban J connectivity index is 1.73. The van der Waals surface area contributed by atoms with E-state index in [4.69, 9.17) is 0 Å². The second kappa shape index (κ2) is 8.09. The Bertz CT molecular complexity index is 554. The summed E-state index contributed by atoms with van der Waals surface area (Å²) in [5.41, 5.74) is -0.730. The van der Waals surface area contributed by atoms with Gasteiger partial charge in [-0.1, -0.05) is 6.07 Å². The van der Waals surface area contributed by atoms with Gasteiger partial charge in [0.05, 0.1) is 10.5 Å². The first kappa shape index (κ1) is 18.9. The summed E-state index contributed by atoms with van der Waals surface area (Å²) in [4.78, 5) is 28.9. The maximum Gasteiger partial charge on any atom is 0.261 e. The number of piperazine rings is 1. The molecule has 1 atom stereocenters. The molecule has 2 amide bonds. The van der Waals surface area contributed by atoms with Gasteiger partial charge in [0.25, 0.3) is 5.91 Å². The molecule has 0 radical (unpaired) electrons. The van der Waals surface area contributed by atoms with Gasteiger partial charge in [0.15, 0.2) is 0 Å². The number of thiophene rings is 1. The fraction of sp³-hybridized carbons (Fsp3) is 0.647. The molecular formula is C17H27N3O3S. The van der Waals surface area contributed by atoms with Gasteiger partial charge in [-0.15, -0.1) is 11.3 Å². The quantitative estimate of drug-likeness (QED) is 0.805. The van der Waals surface area contributed by atoms with Crippen LogP contribution in [-0.2, 0) is 4.79 Å². The van der Waals surface area contributed by atoms with E-state index in [9.17, 15) is 14.7 Å². The van der Waals surface area contributed by atoms with E-state index < -0.39 is 5.60 Å². The number of aliphatic hydroxyl groups is 1. The molecule has 2 rings (SSSR count). The molecule has 1 aromatic rings. The fourth-order valence-electron chi connectivity index (χ4n) is 2.89. The van der Waals surface area contributed by atoms with Crippen molar-refractivity contribution in [1.29, 1.82) is 0 Å². The van der Waals surface area contributed by atoms with E-state index in [0.29, 0.717) is 37.5 Å². The summed E-state index contributed by atoms with van der Waals surface area (Å²) in [5, 5.41) is 14.6. The third-order valence-electron chi connectivity index (χ3n) is 4.08. The first-order valence-corrected chi connectivity index (χ1v) is 9.20. The van der Waals surface area contributed by atoms with Crippen LogP contribution < -0.4 is 5.32 Å². The zero-order valence-electron chi connectivity index (χ0n) is 14.6. The van der Waals surface area contributed by atoms with E-state index in [-0.39, 0.29) is 17.9 Å². The van der Waals surface area contributed by atoms with Crippen molar-refractivity contribution in [3.63, 3.8) is 0 Å². The highest BCUT2D eigenvalue weighted by Gasteiger charge is 2.29. The molecule has 1 aromatic heterocycles. The van der Waals surface area contributed by atoms with Gasteiger partial charge < -0.3 is 15.3 Å². The molecule has 0 unspecified atom stereocenters. The number of carbonyl (C=O) groups excluding carboxylic acids is 2. The lowest BCUT2D eigenvalue weighted by molar-refractivity contribution is -0.134. The monoisotopic (exact) mass is 353 g/mol. The Labute approximate surface area is 147 Å². The number of nitrogens with zero attached hydrogens (tertiary/aromatic N) is 2. The van der Waals surface area contributed by atoms with Crippen LogP contribution in [0.2, 0.25) is 0 Å². The highest BCUT2D eigenvalue weighted by Crippen LogP contribution is 2.14. The van der Waals surface area contributed by atoms with Gasteiger partial charge in [-0.25, -0.2) is 0 Å². The smallest absolute Gasteiger partial charge is 0.261 e. The number of carbonyl (C=O) groups is 2. The van der Waals surface area contributed by atoms with Crippen LogP contribution in [0.4, 0.5) is 0 Å². The average molecular weight is 353 g/mol. The van der Waals surface area contributed by atoms with Crippen LogP contribution >= 0.6 is 11.3 Å². The maximum atomic E-state index is 12.3. The molecule has 6 nitrogen and oxygen atoms in total. The molecule has 0 aromatic carbocycles. The molecule has 1 fully saturated rings. The number of hydrogen-bond acceptors (Lipinski definition) is 5. The van der Waals surface area contributed by atoms with Crippen LogP contribution in [0.15, 0.2) is 17.5 Å². The average Bonchev–Trinajstić information content (AvgIpc) is 3.02. The third kappa shape index (κ3) is 5.58. The minimum Gasteiger partial charge on any atom is -0.389 e. The molecule has 2 N–H and O–H groups in total. The van der Waals surface area contributed by atoms with Crippen molar-refractivity contribution < 1.29 is 14.7 Å². The minimum absolute atomic E-state index is 0.0660. The lowest BCUT2D eigenvalue weighted by atomic mass is 10.1. The summed E-state index contributed by atoms with van der Waals surface area (Å²) in [6, 6.07) is 3.82. The lowest BCUT2D eigenvalue weighted by Crippen LogP contribution is -2.56. The van der Waals surface area contributed by atoms with Crippen molar-refractivity contribution >= 4 is 23.2 Å². The van der Waals surface area contributed by atoms with Gasteiger partial charge in [-0.2, -0.15) is 0 Å². The van der Waals surface area contributed by atoms with Gasteiger partial charge in [0, 0.05) is 45.2 Å². The molecule has 0 bridgehead atoms. The molecule has 24 heavy (non-hydrogen) atoms. The summed E-state index contributed by atoms with van der Waals surface area (Å²) in [6.07, 6.45) is 0.315. The SMILES string of the molecule is C[C@@H]1CN(C(=O)CCNC(=O)c2cccs2)CCN1CC(C)(C)O. The molecular weight excluding hydrogens is 326 g/mol. The van der Waals surface area contributed by atoms with Crippen molar-refractivity contribution in [3.05, 3.63) is 22.4 Å². The molecule has 0 saturated carbocycles. The normalized spacial score (nSPS) is 19.3. The van der Waals surface area contributed by atoms with Crippen molar-refractivity contribution in [2.75, 3.05) is 32.7 Å². The van der Waals surface area contributed by atoms with Crippen molar-refractivity contribution in [2.24, 2.45) is 0 Å². The second-order valence-corrected chi connectivity index (χ2v) is 7.90. The van der Waals surface area contributed by atoms with Gasteiger partial charge in [-0.05, 0) is 32.2 Å². The van der Waals surface area contributed by atoms with E-state index in [2.05, 4.69) is 17.1 Å². The Morgan fingerprint density at radius 3 is 2.75 bits per heavy atom. The van der Waals surface area contributed by atoms with Crippen LogP contribution in [0.25, 0.3) is 0 Å².